The highest BCUT2D eigenvalue weighted by Crippen LogP contribution is 2.45. The fourth-order valence-corrected chi connectivity index (χ4v) is 3.33. The van der Waals surface area contributed by atoms with Crippen molar-refractivity contribution in [2.75, 3.05) is 0 Å². The van der Waals surface area contributed by atoms with Crippen LogP contribution in [0.2, 0.25) is 0 Å². The molecule has 1 atom stereocenters. The first kappa shape index (κ1) is 15.0. The molecule has 0 spiro atoms. The zero-order valence-electron chi connectivity index (χ0n) is 13.8. The molecule has 4 rings (SSSR count). The Morgan fingerprint density at radius 3 is 2.80 bits per heavy atom. The predicted molar refractivity (Wildman–Crippen MR) is 91.3 cm³/mol. The summed E-state index contributed by atoms with van der Waals surface area (Å²) in [6, 6.07) is 12.1. The van der Waals surface area contributed by atoms with E-state index in [1.165, 1.54) is 0 Å². The quantitative estimate of drug-likeness (QED) is 0.749. The van der Waals surface area contributed by atoms with Gasteiger partial charge in [0.15, 0.2) is 0 Å². The van der Waals surface area contributed by atoms with E-state index in [1.807, 2.05) is 37.3 Å². The number of aryl methyl sites for hydroxylation is 2. The predicted octanol–water partition coefficient (Wildman–Crippen LogP) is 2.34. The molecule has 7 nitrogen and oxygen atoms in total. The lowest BCUT2D eigenvalue weighted by Crippen LogP contribution is -2.22. The third-order valence-corrected chi connectivity index (χ3v) is 4.43. The molecule has 25 heavy (non-hydrogen) atoms. The van der Waals surface area contributed by atoms with Crippen LogP contribution in [-0.2, 0) is 7.05 Å². The number of nitriles is 1. The second-order valence-corrected chi connectivity index (χ2v) is 5.92. The maximum absolute atomic E-state index is 9.69. The Labute approximate surface area is 144 Å². The largest absolute Gasteiger partial charge is 0.422 e. The van der Waals surface area contributed by atoms with E-state index in [2.05, 4.69) is 21.4 Å². The minimum Gasteiger partial charge on any atom is -0.422 e. The molecule has 3 heterocycles. The molecule has 0 radical (unpaired) electrons. The monoisotopic (exact) mass is 332 g/mol. The molecule has 0 amide bonds. The highest BCUT2D eigenvalue weighted by Gasteiger charge is 2.37. The summed E-state index contributed by atoms with van der Waals surface area (Å²) in [5, 5.41) is 21.4. The van der Waals surface area contributed by atoms with Gasteiger partial charge in [-0.2, -0.15) is 15.5 Å². The Kier molecular flexibility index (Phi) is 3.32. The number of fused-ring (bicyclic) bond motifs is 1. The third-order valence-electron chi connectivity index (χ3n) is 4.43. The molecule has 0 aliphatic carbocycles. The summed E-state index contributed by atoms with van der Waals surface area (Å²) in [5.41, 5.74) is 10.7. The van der Waals surface area contributed by atoms with Gasteiger partial charge in [0.2, 0.25) is 11.8 Å². The van der Waals surface area contributed by atoms with Crippen molar-refractivity contribution in [3.8, 4) is 23.2 Å². The number of allylic oxidation sites excluding steroid dienone is 1. The van der Waals surface area contributed by atoms with E-state index in [1.54, 1.807) is 17.9 Å². The number of benzene rings is 1. The maximum atomic E-state index is 9.69. The average Bonchev–Trinajstić information content (AvgIpc) is 3.20. The van der Waals surface area contributed by atoms with E-state index in [0.29, 0.717) is 11.5 Å². The lowest BCUT2D eigenvalue weighted by atomic mass is 9.83. The smallest absolute Gasteiger partial charge is 0.224 e. The van der Waals surface area contributed by atoms with Crippen LogP contribution in [0.5, 0.6) is 5.88 Å². The fourth-order valence-electron chi connectivity index (χ4n) is 3.33. The minimum atomic E-state index is -0.378. The Balaban J connectivity index is 1.97. The number of H-pyrrole nitrogens is 1. The summed E-state index contributed by atoms with van der Waals surface area (Å²) in [4.78, 5) is 0. The normalized spacial score (nSPS) is 16.3. The zero-order valence-corrected chi connectivity index (χ0v) is 13.8. The van der Waals surface area contributed by atoms with E-state index in [9.17, 15) is 5.26 Å². The average molecular weight is 332 g/mol. The van der Waals surface area contributed by atoms with Crippen molar-refractivity contribution in [3.05, 3.63) is 64.8 Å². The first-order valence-corrected chi connectivity index (χ1v) is 7.81. The zero-order chi connectivity index (χ0) is 17.6. The Hall–Kier alpha value is -3.53. The van der Waals surface area contributed by atoms with Crippen LogP contribution in [0.25, 0.3) is 11.3 Å². The molecule has 0 saturated carbocycles. The molecule has 3 aromatic rings. The number of ether oxygens (including phenoxy) is 1. The van der Waals surface area contributed by atoms with Gasteiger partial charge in [-0.05, 0) is 12.5 Å². The van der Waals surface area contributed by atoms with Gasteiger partial charge in [0.25, 0.3) is 0 Å². The molecule has 124 valence electrons. The van der Waals surface area contributed by atoms with E-state index in [4.69, 9.17) is 10.5 Å². The van der Waals surface area contributed by atoms with Gasteiger partial charge in [-0.1, -0.05) is 30.3 Å². The first-order valence-electron chi connectivity index (χ1n) is 7.81. The minimum absolute atomic E-state index is 0.100. The number of aromatic amines is 1. The van der Waals surface area contributed by atoms with Crippen molar-refractivity contribution < 1.29 is 4.74 Å². The molecule has 0 saturated heterocycles. The third kappa shape index (κ3) is 2.19. The second kappa shape index (κ2) is 5.53. The van der Waals surface area contributed by atoms with Crippen molar-refractivity contribution in [2.24, 2.45) is 12.8 Å². The highest BCUT2D eigenvalue weighted by atomic mass is 16.5. The molecule has 1 aliphatic heterocycles. The Bertz CT molecular complexity index is 1020. The van der Waals surface area contributed by atoms with Gasteiger partial charge in [-0.3, -0.25) is 5.10 Å². The number of hydrogen-bond donors (Lipinski definition) is 2. The van der Waals surface area contributed by atoms with Gasteiger partial charge in [0.05, 0.1) is 29.1 Å². The van der Waals surface area contributed by atoms with Crippen LogP contribution >= 0.6 is 0 Å². The molecule has 1 aliphatic rings. The second-order valence-electron chi connectivity index (χ2n) is 5.92. The molecular formula is C18H16N6O. The van der Waals surface area contributed by atoms with Gasteiger partial charge in [0.1, 0.15) is 11.6 Å². The number of aromatic nitrogens is 4. The maximum Gasteiger partial charge on any atom is 0.224 e. The SMILES string of the molecule is Cc1nn(C)c2c1C(c1cn[nH]c1-c1ccccc1)C(C#N)=C(N)O2. The number of hydrogen-bond acceptors (Lipinski definition) is 5. The van der Waals surface area contributed by atoms with E-state index in [0.717, 1.165) is 28.1 Å². The number of nitrogens with zero attached hydrogens (tertiary/aromatic N) is 4. The summed E-state index contributed by atoms with van der Waals surface area (Å²) < 4.78 is 7.31. The standard InChI is InChI=1S/C18H16N6O/c1-10-14-15(12(8-19)17(20)25-18(14)24(2)23-10)13-9-21-22-16(13)11-6-4-3-5-7-11/h3-7,9,15H,20H2,1-2H3,(H,21,22). The van der Waals surface area contributed by atoms with Crippen molar-refractivity contribution in [1.29, 1.82) is 5.26 Å². The lowest BCUT2D eigenvalue weighted by Gasteiger charge is -2.24. The van der Waals surface area contributed by atoms with Gasteiger partial charge < -0.3 is 10.5 Å². The summed E-state index contributed by atoms with van der Waals surface area (Å²) in [6.45, 7) is 1.90. The lowest BCUT2D eigenvalue weighted by molar-refractivity contribution is 0.358. The van der Waals surface area contributed by atoms with Gasteiger partial charge >= 0.3 is 0 Å². The summed E-state index contributed by atoms with van der Waals surface area (Å²) >= 11 is 0. The summed E-state index contributed by atoms with van der Waals surface area (Å²) in [6.07, 6.45) is 1.74. The molecule has 0 bridgehead atoms. The Morgan fingerprint density at radius 2 is 2.08 bits per heavy atom. The van der Waals surface area contributed by atoms with Crippen molar-refractivity contribution in [1.82, 2.24) is 20.0 Å². The topological polar surface area (TPSA) is 106 Å². The Morgan fingerprint density at radius 1 is 1.32 bits per heavy atom. The van der Waals surface area contributed by atoms with Crippen LogP contribution in [0, 0.1) is 18.3 Å². The summed E-state index contributed by atoms with van der Waals surface area (Å²) in [7, 11) is 1.79. The van der Waals surface area contributed by atoms with Crippen LogP contribution in [0.3, 0.4) is 0 Å². The molecular weight excluding hydrogens is 316 g/mol. The van der Waals surface area contributed by atoms with Crippen LogP contribution in [-0.4, -0.2) is 20.0 Å². The van der Waals surface area contributed by atoms with E-state index in [-0.39, 0.29) is 11.8 Å². The fraction of sp³-hybridized carbons (Fsp3) is 0.167. The molecule has 1 aromatic carbocycles. The first-order chi connectivity index (χ1) is 12.1. The van der Waals surface area contributed by atoms with E-state index >= 15 is 0 Å². The van der Waals surface area contributed by atoms with Crippen LogP contribution in [0.1, 0.15) is 22.7 Å². The van der Waals surface area contributed by atoms with Crippen molar-refractivity contribution in [3.63, 3.8) is 0 Å². The molecule has 3 N–H and O–H groups in total. The van der Waals surface area contributed by atoms with Gasteiger partial charge in [-0.15, -0.1) is 0 Å². The number of nitrogens with two attached hydrogens (primary N) is 1. The molecule has 7 heteroatoms. The number of rotatable bonds is 2. The van der Waals surface area contributed by atoms with Gasteiger partial charge in [0, 0.05) is 12.6 Å². The van der Waals surface area contributed by atoms with E-state index < -0.39 is 0 Å². The van der Waals surface area contributed by atoms with Crippen molar-refractivity contribution >= 4 is 0 Å². The molecule has 0 fully saturated rings. The molecule has 2 aromatic heterocycles. The molecule has 1 unspecified atom stereocenters. The van der Waals surface area contributed by atoms with Crippen LogP contribution in [0.4, 0.5) is 0 Å². The van der Waals surface area contributed by atoms with Crippen LogP contribution in [0.15, 0.2) is 48.0 Å². The highest BCUT2D eigenvalue weighted by molar-refractivity contribution is 5.68. The van der Waals surface area contributed by atoms with Gasteiger partial charge in [-0.25, -0.2) is 4.68 Å². The number of nitrogens with one attached hydrogen (secondary N) is 1. The summed E-state index contributed by atoms with van der Waals surface area (Å²) in [5.74, 6) is 0.277. The van der Waals surface area contributed by atoms with Crippen LogP contribution < -0.4 is 10.5 Å². The van der Waals surface area contributed by atoms with Crippen molar-refractivity contribution in [2.45, 2.75) is 12.8 Å².